The predicted molar refractivity (Wildman–Crippen MR) is 27.6 cm³/mol. The second-order valence-electron chi connectivity index (χ2n) is 2.40. The molecule has 1 N–H and O–H groups in total. The third-order valence-electron chi connectivity index (χ3n) is 1.41. The molecule has 0 aromatic rings. The van der Waals surface area contributed by atoms with Crippen molar-refractivity contribution in [1.82, 2.24) is 0 Å². The van der Waals surface area contributed by atoms with E-state index in [0.29, 0.717) is 0 Å². The van der Waals surface area contributed by atoms with E-state index >= 15 is 0 Å². The fourth-order valence-corrected chi connectivity index (χ4v) is 0.466. The topological polar surface area (TPSA) is 32.6 Å². The second-order valence-corrected chi connectivity index (χ2v) is 2.40. The first kappa shape index (κ1) is 4.62. The summed E-state index contributed by atoms with van der Waals surface area (Å²) in [6, 6.07) is 0. The number of oxime groups is 1. The van der Waals surface area contributed by atoms with Gasteiger partial charge in [0.05, 0.1) is 0 Å². The summed E-state index contributed by atoms with van der Waals surface area (Å²) in [6.07, 6.45) is 3.96. The number of hydrogen-bond donors (Lipinski definition) is 1. The van der Waals surface area contributed by atoms with Crippen molar-refractivity contribution in [2.45, 2.75) is 19.8 Å². The molecule has 1 rings (SSSR count). The quantitative estimate of drug-likeness (QED) is 0.299. The van der Waals surface area contributed by atoms with E-state index in [1.54, 1.807) is 6.21 Å². The molecule has 1 aliphatic rings. The Labute approximate surface area is 42.8 Å². The van der Waals surface area contributed by atoms with E-state index in [1.807, 2.05) is 0 Å². The molecule has 2 heteroatoms. The molecule has 0 saturated heterocycles. The first-order valence-electron chi connectivity index (χ1n) is 2.45. The molecule has 1 saturated carbocycles. The van der Waals surface area contributed by atoms with Crippen LogP contribution < -0.4 is 0 Å². The molecule has 2 nitrogen and oxygen atoms in total. The third kappa shape index (κ3) is 0.918. The van der Waals surface area contributed by atoms with Crippen LogP contribution in [0.3, 0.4) is 0 Å². The lowest BCUT2D eigenvalue weighted by Crippen LogP contribution is -1.91. The Morgan fingerprint density at radius 3 is 2.43 bits per heavy atom. The normalized spacial score (nSPS) is 25.9. The van der Waals surface area contributed by atoms with Crippen LogP contribution in [0.15, 0.2) is 5.16 Å². The van der Waals surface area contributed by atoms with E-state index in [4.69, 9.17) is 5.21 Å². The van der Waals surface area contributed by atoms with Gasteiger partial charge < -0.3 is 5.21 Å². The van der Waals surface area contributed by atoms with Crippen LogP contribution in [0.2, 0.25) is 0 Å². The maximum absolute atomic E-state index is 8.01. The number of rotatable bonds is 1. The Bertz CT molecular complexity index is 94.3. The average Bonchev–Trinajstić information content (AvgIpc) is 2.22. The molecular weight excluding hydrogens is 90.1 g/mol. The van der Waals surface area contributed by atoms with Crippen LogP contribution >= 0.6 is 0 Å². The van der Waals surface area contributed by atoms with Crippen LogP contribution in [-0.2, 0) is 0 Å². The van der Waals surface area contributed by atoms with Crippen LogP contribution in [0.1, 0.15) is 19.8 Å². The molecule has 7 heavy (non-hydrogen) atoms. The zero-order valence-electron chi connectivity index (χ0n) is 4.39. The maximum Gasteiger partial charge on any atom is 0.0494 e. The molecule has 40 valence electrons. The van der Waals surface area contributed by atoms with Crippen molar-refractivity contribution < 1.29 is 5.21 Å². The average molecular weight is 99.1 g/mol. The summed E-state index contributed by atoms with van der Waals surface area (Å²) in [5, 5.41) is 11.0. The largest absolute Gasteiger partial charge is 0.411 e. The van der Waals surface area contributed by atoms with E-state index in [9.17, 15) is 0 Å². The van der Waals surface area contributed by atoms with E-state index in [0.717, 1.165) is 0 Å². The van der Waals surface area contributed by atoms with E-state index in [2.05, 4.69) is 12.1 Å². The van der Waals surface area contributed by atoms with Crippen molar-refractivity contribution in [3.63, 3.8) is 0 Å². The Hall–Kier alpha value is -0.530. The standard InChI is InChI=1S/C5H9NO/c1-5(2-3-5)4-6-7/h4,7H,2-3H2,1H3/b6-4+. The van der Waals surface area contributed by atoms with Gasteiger partial charge in [0.1, 0.15) is 0 Å². The minimum atomic E-state index is 0.259. The molecule has 0 unspecified atom stereocenters. The van der Waals surface area contributed by atoms with E-state index in [-0.39, 0.29) is 5.41 Å². The summed E-state index contributed by atoms with van der Waals surface area (Å²) in [6.45, 7) is 2.08. The molecule has 0 aromatic heterocycles. The first-order valence-corrected chi connectivity index (χ1v) is 2.45. The molecule has 0 bridgehead atoms. The zero-order valence-corrected chi connectivity index (χ0v) is 4.39. The van der Waals surface area contributed by atoms with Gasteiger partial charge in [0, 0.05) is 11.6 Å². The molecule has 0 radical (unpaired) electrons. The lowest BCUT2D eigenvalue weighted by molar-refractivity contribution is 0.318. The number of hydrogen-bond acceptors (Lipinski definition) is 2. The molecular formula is C5H9NO. The van der Waals surface area contributed by atoms with Gasteiger partial charge in [-0.25, -0.2) is 0 Å². The van der Waals surface area contributed by atoms with E-state index < -0.39 is 0 Å². The van der Waals surface area contributed by atoms with Gasteiger partial charge in [-0.3, -0.25) is 0 Å². The van der Waals surface area contributed by atoms with Crippen molar-refractivity contribution in [1.29, 1.82) is 0 Å². The van der Waals surface area contributed by atoms with Crippen LogP contribution in [0.5, 0.6) is 0 Å². The van der Waals surface area contributed by atoms with Gasteiger partial charge in [-0.15, -0.1) is 5.16 Å². The molecule has 0 aromatic carbocycles. The Morgan fingerprint density at radius 1 is 1.71 bits per heavy atom. The fraction of sp³-hybridized carbons (Fsp3) is 0.800. The van der Waals surface area contributed by atoms with Crippen molar-refractivity contribution >= 4 is 6.21 Å². The SMILES string of the molecule is CC1(/C=N/O)CC1. The Morgan fingerprint density at radius 2 is 2.29 bits per heavy atom. The minimum absolute atomic E-state index is 0.259. The highest BCUT2D eigenvalue weighted by molar-refractivity contribution is 5.67. The van der Waals surface area contributed by atoms with Gasteiger partial charge >= 0.3 is 0 Å². The lowest BCUT2D eigenvalue weighted by atomic mass is 10.2. The summed E-state index contributed by atoms with van der Waals surface area (Å²) >= 11 is 0. The van der Waals surface area contributed by atoms with Crippen molar-refractivity contribution in [2.75, 3.05) is 0 Å². The van der Waals surface area contributed by atoms with Crippen LogP contribution in [0.4, 0.5) is 0 Å². The fourth-order valence-electron chi connectivity index (χ4n) is 0.466. The van der Waals surface area contributed by atoms with Gasteiger partial charge in [0.25, 0.3) is 0 Å². The molecule has 0 heterocycles. The number of nitrogens with zero attached hydrogens (tertiary/aromatic N) is 1. The third-order valence-corrected chi connectivity index (χ3v) is 1.41. The van der Waals surface area contributed by atoms with Gasteiger partial charge in [0.15, 0.2) is 0 Å². The van der Waals surface area contributed by atoms with E-state index in [1.165, 1.54) is 12.8 Å². The summed E-state index contributed by atoms with van der Waals surface area (Å²) in [5.74, 6) is 0. The zero-order chi connectivity index (χ0) is 5.33. The highest BCUT2D eigenvalue weighted by atomic mass is 16.4. The van der Waals surface area contributed by atoms with Crippen LogP contribution in [-0.4, -0.2) is 11.4 Å². The van der Waals surface area contributed by atoms with Crippen molar-refractivity contribution in [2.24, 2.45) is 10.6 Å². The van der Waals surface area contributed by atoms with Crippen LogP contribution in [0, 0.1) is 5.41 Å². The van der Waals surface area contributed by atoms with Crippen molar-refractivity contribution in [3.05, 3.63) is 0 Å². The second kappa shape index (κ2) is 1.22. The maximum atomic E-state index is 8.01. The Balaban J connectivity index is 2.40. The molecule has 0 atom stereocenters. The summed E-state index contributed by atoms with van der Waals surface area (Å²) in [5.41, 5.74) is 0.259. The lowest BCUT2D eigenvalue weighted by Gasteiger charge is -1.90. The summed E-state index contributed by atoms with van der Waals surface area (Å²) in [7, 11) is 0. The molecule has 1 fully saturated rings. The van der Waals surface area contributed by atoms with Gasteiger partial charge in [-0.1, -0.05) is 6.92 Å². The smallest absolute Gasteiger partial charge is 0.0494 e. The first-order chi connectivity index (χ1) is 3.27. The predicted octanol–water partition coefficient (Wildman–Crippen LogP) is 1.25. The highest BCUT2D eigenvalue weighted by Gasteiger charge is 2.35. The van der Waals surface area contributed by atoms with Crippen molar-refractivity contribution in [3.8, 4) is 0 Å². The van der Waals surface area contributed by atoms with Gasteiger partial charge in [-0.2, -0.15) is 0 Å². The molecule has 0 spiro atoms. The highest BCUT2D eigenvalue weighted by Crippen LogP contribution is 2.42. The van der Waals surface area contributed by atoms with Crippen LogP contribution in [0.25, 0.3) is 0 Å². The molecule has 1 aliphatic carbocycles. The summed E-state index contributed by atoms with van der Waals surface area (Å²) < 4.78 is 0. The van der Waals surface area contributed by atoms with Gasteiger partial charge in [0.2, 0.25) is 0 Å². The molecule has 0 amide bonds. The summed E-state index contributed by atoms with van der Waals surface area (Å²) in [4.78, 5) is 0. The Kier molecular flexibility index (Phi) is 0.805. The monoisotopic (exact) mass is 99.1 g/mol. The minimum Gasteiger partial charge on any atom is -0.411 e. The van der Waals surface area contributed by atoms with Gasteiger partial charge in [-0.05, 0) is 12.8 Å². The molecule has 0 aliphatic heterocycles.